The number of imide groups is 1. The number of hydrogen-bond acceptors (Lipinski definition) is 11. The van der Waals surface area contributed by atoms with E-state index in [2.05, 4.69) is 16.0 Å². The minimum atomic E-state index is -1.09. The summed E-state index contributed by atoms with van der Waals surface area (Å²) >= 11 is 0. The summed E-state index contributed by atoms with van der Waals surface area (Å²) in [6.07, 6.45) is 2.22. The molecule has 2 rings (SSSR count). The second-order valence-corrected chi connectivity index (χ2v) is 13.3. The molecule has 2 atom stereocenters. The fraction of sp³-hybridized carbons (Fsp3) is 0.629. The molecule has 1 aromatic rings. The molecule has 17 heteroatoms. The zero-order valence-corrected chi connectivity index (χ0v) is 30.5. The monoisotopic (exact) mass is 733 g/mol. The molecule has 52 heavy (non-hydrogen) atoms. The lowest BCUT2D eigenvalue weighted by molar-refractivity contribution is -0.140. The Morgan fingerprint density at radius 1 is 0.654 bits per heavy atom. The van der Waals surface area contributed by atoms with Crippen LogP contribution in [-0.2, 0) is 40.0 Å². The fourth-order valence-corrected chi connectivity index (χ4v) is 5.80. The van der Waals surface area contributed by atoms with Gasteiger partial charge in [0.2, 0.25) is 23.6 Å². The van der Waals surface area contributed by atoms with Crippen molar-refractivity contribution in [2.45, 2.75) is 65.0 Å². The summed E-state index contributed by atoms with van der Waals surface area (Å²) in [6.45, 7) is 5.70. The van der Waals surface area contributed by atoms with Gasteiger partial charge in [0.25, 0.3) is 0 Å². The lowest BCUT2D eigenvalue weighted by Crippen LogP contribution is -2.53. The molecule has 0 saturated carbocycles. The van der Waals surface area contributed by atoms with Gasteiger partial charge in [-0.05, 0) is 45.1 Å². The summed E-state index contributed by atoms with van der Waals surface area (Å²) in [5.74, 6) is -5.16. The average molecular weight is 734 g/mol. The van der Waals surface area contributed by atoms with E-state index >= 15 is 0 Å². The topological polar surface area (TPSA) is 229 Å². The van der Waals surface area contributed by atoms with E-state index in [9.17, 15) is 48.9 Å². The van der Waals surface area contributed by atoms with Gasteiger partial charge in [-0.3, -0.25) is 58.5 Å². The molecule has 1 fully saturated rings. The van der Waals surface area contributed by atoms with Gasteiger partial charge in [-0.15, -0.1) is 0 Å². The number of carboxylic acid groups (broad SMARTS) is 3. The van der Waals surface area contributed by atoms with Crippen LogP contribution < -0.4 is 16.0 Å². The first-order chi connectivity index (χ1) is 24.6. The molecule has 6 N–H and O–H groups in total. The summed E-state index contributed by atoms with van der Waals surface area (Å²) in [6, 6.07) is 6.73. The summed E-state index contributed by atoms with van der Waals surface area (Å²) in [5.41, 5.74) is 2.31. The molecule has 0 spiro atoms. The number of aryl methyl sites for hydroxylation is 2. The number of hydrogen-bond donors (Lipinski definition) is 6. The highest BCUT2D eigenvalue weighted by Crippen LogP contribution is 2.09. The number of benzene rings is 1. The predicted molar refractivity (Wildman–Crippen MR) is 190 cm³/mol. The van der Waals surface area contributed by atoms with Gasteiger partial charge in [0, 0.05) is 71.7 Å². The first kappa shape index (κ1) is 43.7. The number of rotatable bonds is 18. The Morgan fingerprint density at radius 2 is 1.10 bits per heavy atom. The number of amides is 4. The Morgan fingerprint density at radius 3 is 1.52 bits per heavy atom. The summed E-state index contributed by atoms with van der Waals surface area (Å²) in [5, 5.41) is 36.1. The van der Waals surface area contributed by atoms with E-state index in [1.807, 2.05) is 31.2 Å². The summed E-state index contributed by atoms with van der Waals surface area (Å²) in [7, 11) is 0. The number of nitrogens with zero attached hydrogens (tertiary/aromatic N) is 4. The lowest BCUT2D eigenvalue weighted by atomic mass is 10.0. The van der Waals surface area contributed by atoms with E-state index in [0.29, 0.717) is 19.3 Å². The van der Waals surface area contributed by atoms with Crippen LogP contribution in [0.1, 0.15) is 50.7 Å². The minimum Gasteiger partial charge on any atom is -0.480 e. The van der Waals surface area contributed by atoms with Crippen molar-refractivity contribution in [2.24, 2.45) is 0 Å². The van der Waals surface area contributed by atoms with Gasteiger partial charge in [0.05, 0.1) is 26.2 Å². The number of nitrogens with one attached hydrogen (secondary N) is 3. The van der Waals surface area contributed by atoms with Crippen molar-refractivity contribution in [3.8, 4) is 0 Å². The van der Waals surface area contributed by atoms with Crippen LogP contribution in [0.2, 0.25) is 0 Å². The van der Waals surface area contributed by atoms with Crippen molar-refractivity contribution in [2.75, 3.05) is 78.5 Å². The Hall–Kier alpha value is -4.45. The number of carbonyl (C=O) groups excluding carboxylic acids is 4. The van der Waals surface area contributed by atoms with E-state index in [4.69, 9.17) is 0 Å². The standard InChI is InChI=1S/C35H55N7O10/c1-25-7-10-28(11-8-25)5-4-6-30(44)36-26(2)9-12-29(35(52)37-27(3)43)38-31(45)21-39-13-15-40(22-32(46)47)17-19-42(24-34(50)51)20-18-41(16-14-39)23-33(48)49/h7-8,10-11,26,29H,4-6,9,12-24H2,1-3H3,(H,36,44)(H,38,45)(H,46,47)(H,48,49)(H,50,51)(H,37,43,52)/t26-,29+/m1/s1. The minimum absolute atomic E-state index is 0.126. The molecule has 1 aromatic carbocycles. The van der Waals surface area contributed by atoms with Crippen LogP contribution in [0.4, 0.5) is 0 Å². The smallest absolute Gasteiger partial charge is 0.317 e. The number of carbonyl (C=O) groups is 7. The third-order valence-electron chi connectivity index (χ3n) is 8.61. The van der Waals surface area contributed by atoms with Crippen molar-refractivity contribution < 1.29 is 48.9 Å². The highest BCUT2D eigenvalue weighted by molar-refractivity contribution is 5.98. The predicted octanol–water partition coefficient (Wildman–Crippen LogP) is -0.774. The molecule has 0 unspecified atom stereocenters. The van der Waals surface area contributed by atoms with Gasteiger partial charge in [0.1, 0.15) is 6.04 Å². The molecule has 0 radical (unpaired) electrons. The van der Waals surface area contributed by atoms with Crippen LogP contribution in [0.3, 0.4) is 0 Å². The Balaban J connectivity index is 2.05. The lowest BCUT2D eigenvalue weighted by Gasteiger charge is -2.33. The molecule has 1 heterocycles. The maximum atomic E-state index is 13.4. The van der Waals surface area contributed by atoms with Crippen molar-refractivity contribution in [3.05, 3.63) is 35.4 Å². The zero-order chi connectivity index (χ0) is 38.6. The van der Waals surface area contributed by atoms with E-state index in [0.717, 1.165) is 17.5 Å². The second-order valence-electron chi connectivity index (χ2n) is 13.3. The van der Waals surface area contributed by atoms with Gasteiger partial charge < -0.3 is 26.0 Å². The van der Waals surface area contributed by atoms with Crippen LogP contribution in [0.5, 0.6) is 0 Å². The van der Waals surface area contributed by atoms with Gasteiger partial charge in [-0.25, -0.2) is 0 Å². The molecule has 17 nitrogen and oxygen atoms in total. The molecule has 0 bridgehead atoms. The molecule has 1 aliphatic heterocycles. The molecule has 4 amide bonds. The molecule has 290 valence electrons. The molecular weight excluding hydrogens is 678 g/mol. The highest BCUT2D eigenvalue weighted by Gasteiger charge is 2.25. The van der Waals surface area contributed by atoms with E-state index in [1.165, 1.54) is 6.92 Å². The first-order valence-corrected chi connectivity index (χ1v) is 17.6. The van der Waals surface area contributed by atoms with Gasteiger partial charge >= 0.3 is 17.9 Å². The first-order valence-electron chi connectivity index (χ1n) is 17.6. The SMILES string of the molecule is CC(=O)NC(=O)[C@H](CC[C@@H](C)NC(=O)CCCc1ccc(C)cc1)NC(=O)CN1CCN(CC(=O)O)CCN(CC(=O)O)CCN(CC(=O)O)CC1. The third-order valence-corrected chi connectivity index (χ3v) is 8.61. The fourth-order valence-electron chi connectivity index (χ4n) is 5.80. The quantitative estimate of drug-likeness (QED) is 0.109. The van der Waals surface area contributed by atoms with Crippen molar-refractivity contribution >= 4 is 41.5 Å². The average Bonchev–Trinajstić information content (AvgIpc) is 3.04. The highest BCUT2D eigenvalue weighted by atomic mass is 16.4. The van der Waals surface area contributed by atoms with Crippen LogP contribution in [0.25, 0.3) is 0 Å². The van der Waals surface area contributed by atoms with E-state index in [1.54, 1.807) is 26.5 Å². The number of aliphatic carboxylic acids is 3. The van der Waals surface area contributed by atoms with Crippen LogP contribution in [-0.4, -0.2) is 167 Å². The second kappa shape index (κ2) is 23.2. The Kier molecular flexibility index (Phi) is 19.5. The van der Waals surface area contributed by atoms with Crippen molar-refractivity contribution in [3.63, 3.8) is 0 Å². The van der Waals surface area contributed by atoms with E-state index in [-0.39, 0.29) is 96.9 Å². The van der Waals surface area contributed by atoms with Crippen LogP contribution >= 0.6 is 0 Å². The molecule has 1 aliphatic rings. The summed E-state index contributed by atoms with van der Waals surface area (Å²) < 4.78 is 0. The largest absolute Gasteiger partial charge is 0.480 e. The third kappa shape index (κ3) is 19.2. The van der Waals surface area contributed by atoms with E-state index < -0.39 is 41.7 Å². The maximum Gasteiger partial charge on any atom is 0.317 e. The number of carboxylic acids is 3. The van der Waals surface area contributed by atoms with Gasteiger partial charge in [0.15, 0.2) is 0 Å². The van der Waals surface area contributed by atoms with Gasteiger partial charge in [-0.1, -0.05) is 29.8 Å². The van der Waals surface area contributed by atoms with Crippen LogP contribution in [0, 0.1) is 6.92 Å². The van der Waals surface area contributed by atoms with Crippen molar-refractivity contribution in [1.29, 1.82) is 0 Å². The molecule has 1 saturated heterocycles. The molecule has 0 aliphatic carbocycles. The van der Waals surface area contributed by atoms with Crippen LogP contribution in [0.15, 0.2) is 24.3 Å². The normalized spacial score (nSPS) is 16.8. The molecule has 0 aromatic heterocycles. The molecular formula is C35H55N7O10. The maximum absolute atomic E-state index is 13.4. The Bertz CT molecular complexity index is 1330. The summed E-state index contributed by atoms with van der Waals surface area (Å²) in [4.78, 5) is 91.8. The van der Waals surface area contributed by atoms with Crippen molar-refractivity contribution in [1.82, 2.24) is 35.6 Å². The zero-order valence-electron chi connectivity index (χ0n) is 30.5. The van der Waals surface area contributed by atoms with Gasteiger partial charge in [-0.2, -0.15) is 0 Å². The Labute approximate surface area is 304 Å².